The summed E-state index contributed by atoms with van der Waals surface area (Å²) in [6.07, 6.45) is 0.0915. The first-order valence-electron chi connectivity index (χ1n) is 6.03. The van der Waals surface area contributed by atoms with Crippen molar-refractivity contribution in [1.29, 1.82) is 10.5 Å². The SMILES string of the molecule is CC(C)N(CCC#N)S(=O)(=O)c1ccc(N)cc1C#N. The summed E-state index contributed by atoms with van der Waals surface area (Å²) < 4.78 is 26.4. The Morgan fingerprint density at radius 1 is 1.35 bits per heavy atom. The fourth-order valence-electron chi connectivity index (χ4n) is 1.80. The monoisotopic (exact) mass is 292 g/mol. The van der Waals surface area contributed by atoms with E-state index in [4.69, 9.17) is 16.3 Å². The van der Waals surface area contributed by atoms with Crippen LogP contribution in [0.2, 0.25) is 0 Å². The van der Waals surface area contributed by atoms with E-state index in [9.17, 15) is 8.42 Å². The van der Waals surface area contributed by atoms with Gasteiger partial charge in [0.1, 0.15) is 11.0 Å². The molecule has 0 amide bonds. The lowest BCUT2D eigenvalue weighted by Crippen LogP contribution is -2.38. The van der Waals surface area contributed by atoms with Gasteiger partial charge in [-0.1, -0.05) is 0 Å². The zero-order chi connectivity index (χ0) is 15.3. The van der Waals surface area contributed by atoms with E-state index >= 15 is 0 Å². The van der Waals surface area contributed by atoms with Gasteiger partial charge in [-0.25, -0.2) is 8.42 Å². The van der Waals surface area contributed by atoms with Gasteiger partial charge >= 0.3 is 0 Å². The molecule has 0 saturated heterocycles. The van der Waals surface area contributed by atoms with Crippen LogP contribution in [0.5, 0.6) is 0 Å². The summed E-state index contributed by atoms with van der Waals surface area (Å²) in [6, 6.07) is 7.55. The molecular weight excluding hydrogens is 276 g/mol. The average Bonchev–Trinajstić information content (AvgIpc) is 2.37. The maximum Gasteiger partial charge on any atom is 0.244 e. The van der Waals surface area contributed by atoms with Crippen molar-refractivity contribution in [2.45, 2.75) is 31.2 Å². The second kappa shape index (κ2) is 6.38. The van der Waals surface area contributed by atoms with Crippen molar-refractivity contribution in [3.05, 3.63) is 23.8 Å². The van der Waals surface area contributed by atoms with Gasteiger partial charge in [0, 0.05) is 24.7 Å². The molecule has 0 bridgehead atoms. The van der Waals surface area contributed by atoms with E-state index in [-0.39, 0.29) is 29.5 Å². The quantitative estimate of drug-likeness (QED) is 0.826. The molecule has 0 spiro atoms. The minimum absolute atomic E-state index is 0.00704. The molecule has 0 heterocycles. The summed E-state index contributed by atoms with van der Waals surface area (Å²) in [7, 11) is -3.83. The Morgan fingerprint density at radius 3 is 2.50 bits per heavy atom. The first kappa shape index (κ1) is 16.0. The Morgan fingerprint density at radius 2 is 2.00 bits per heavy atom. The molecular formula is C13H16N4O2S. The molecule has 0 radical (unpaired) electrons. The third-order valence-electron chi connectivity index (χ3n) is 2.73. The molecule has 0 aliphatic rings. The Balaban J connectivity index is 3.35. The lowest BCUT2D eigenvalue weighted by molar-refractivity contribution is 0.360. The number of nitriles is 2. The van der Waals surface area contributed by atoms with Gasteiger partial charge in [0.05, 0.1) is 11.6 Å². The van der Waals surface area contributed by atoms with Crippen LogP contribution in [0, 0.1) is 22.7 Å². The molecule has 2 N–H and O–H groups in total. The molecule has 0 aliphatic heterocycles. The van der Waals surface area contributed by atoms with Crippen LogP contribution in [0.4, 0.5) is 5.69 Å². The highest BCUT2D eigenvalue weighted by molar-refractivity contribution is 7.89. The molecule has 6 nitrogen and oxygen atoms in total. The largest absolute Gasteiger partial charge is 0.399 e. The highest BCUT2D eigenvalue weighted by Gasteiger charge is 2.29. The fraction of sp³-hybridized carbons (Fsp3) is 0.385. The standard InChI is InChI=1S/C13H16N4O2S/c1-10(2)17(7-3-6-14)20(18,19)13-5-4-12(16)8-11(13)9-15/h4-5,8,10H,3,7,16H2,1-2H3. The molecule has 0 saturated carbocycles. The van der Waals surface area contributed by atoms with Crippen LogP contribution in [-0.4, -0.2) is 25.3 Å². The number of anilines is 1. The second-order valence-electron chi connectivity index (χ2n) is 4.49. The first-order chi connectivity index (χ1) is 9.34. The molecule has 0 unspecified atom stereocenters. The van der Waals surface area contributed by atoms with Crippen molar-refractivity contribution in [3.8, 4) is 12.1 Å². The number of rotatable bonds is 5. The van der Waals surface area contributed by atoms with Crippen LogP contribution in [-0.2, 0) is 10.0 Å². The summed E-state index contributed by atoms with van der Waals surface area (Å²) in [6.45, 7) is 3.53. The van der Waals surface area contributed by atoms with Gasteiger partial charge < -0.3 is 5.73 Å². The smallest absolute Gasteiger partial charge is 0.244 e. The van der Waals surface area contributed by atoms with E-state index in [0.717, 1.165) is 0 Å². The number of hydrogen-bond donors (Lipinski definition) is 1. The summed E-state index contributed by atoms with van der Waals surface area (Å²) in [5.41, 5.74) is 5.89. The molecule has 0 aliphatic carbocycles. The minimum Gasteiger partial charge on any atom is -0.399 e. The van der Waals surface area contributed by atoms with E-state index in [1.807, 2.05) is 12.1 Å². The van der Waals surface area contributed by atoms with Crippen LogP contribution >= 0.6 is 0 Å². The molecule has 7 heteroatoms. The normalized spacial score (nSPS) is 11.3. The van der Waals surface area contributed by atoms with Gasteiger partial charge in [-0.3, -0.25) is 0 Å². The van der Waals surface area contributed by atoms with E-state index in [1.165, 1.54) is 22.5 Å². The third-order valence-corrected chi connectivity index (χ3v) is 4.86. The molecule has 1 rings (SSSR count). The van der Waals surface area contributed by atoms with Crippen molar-refractivity contribution >= 4 is 15.7 Å². The molecule has 106 valence electrons. The summed E-state index contributed by atoms with van der Waals surface area (Å²) in [5, 5.41) is 17.7. The van der Waals surface area contributed by atoms with E-state index in [1.54, 1.807) is 13.8 Å². The predicted octanol–water partition coefficient (Wildman–Crippen LogP) is 1.45. The van der Waals surface area contributed by atoms with Crippen LogP contribution in [0.25, 0.3) is 0 Å². The van der Waals surface area contributed by atoms with Gasteiger partial charge in [0.25, 0.3) is 0 Å². The second-order valence-corrected chi connectivity index (χ2v) is 6.34. The maximum absolute atomic E-state index is 12.6. The molecule has 20 heavy (non-hydrogen) atoms. The highest BCUT2D eigenvalue weighted by atomic mass is 32.2. The zero-order valence-electron chi connectivity index (χ0n) is 11.4. The lowest BCUT2D eigenvalue weighted by atomic mass is 10.2. The van der Waals surface area contributed by atoms with Crippen molar-refractivity contribution in [1.82, 2.24) is 4.31 Å². The zero-order valence-corrected chi connectivity index (χ0v) is 12.2. The lowest BCUT2D eigenvalue weighted by Gasteiger charge is -2.25. The number of hydrogen-bond acceptors (Lipinski definition) is 5. The minimum atomic E-state index is -3.83. The van der Waals surface area contributed by atoms with Crippen molar-refractivity contribution < 1.29 is 8.42 Å². The van der Waals surface area contributed by atoms with Gasteiger partial charge in [-0.15, -0.1) is 0 Å². The molecule has 0 fully saturated rings. The summed E-state index contributed by atoms with van der Waals surface area (Å²) in [5.74, 6) is 0. The van der Waals surface area contributed by atoms with Crippen LogP contribution in [0.1, 0.15) is 25.8 Å². The topological polar surface area (TPSA) is 111 Å². The average molecular weight is 292 g/mol. The summed E-state index contributed by atoms with van der Waals surface area (Å²) >= 11 is 0. The molecule has 0 aromatic heterocycles. The highest BCUT2D eigenvalue weighted by Crippen LogP contribution is 2.23. The Bertz CT molecular complexity index is 669. The van der Waals surface area contributed by atoms with Crippen LogP contribution in [0.15, 0.2) is 23.1 Å². The Labute approximate surface area is 119 Å². The number of nitrogen functional groups attached to an aromatic ring is 1. The van der Waals surface area contributed by atoms with Crippen LogP contribution < -0.4 is 5.73 Å². The number of nitrogens with zero attached hydrogens (tertiary/aromatic N) is 3. The van der Waals surface area contributed by atoms with Gasteiger partial charge in [0.15, 0.2) is 0 Å². The van der Waals surface area contributed by atoms with Gasteiger partial charge in [-0.05, 0) is 32.0 Å². The Kier molecular flexibility index (Phi) is 5.09. The van der Waals surface area contributed by atoms with Crippen LogP contribution in [0.3, 0.4) is 0 Å². The maximum atomic E-state index is 12.6. The number of nitrogens with two attached hydrogens (primary N) is 1. The molecule has 1 aromatic carbocycles. The van der Waals surface area contributed by atoms with Crippen molar-refractivity contribution in [3.63, 3.8) is 0 Å². The van der Waals surface area contributed by atoms with E-state index in [2.05, 4.69) is 0 Å². The number of benzene rings is 1. The van der Waals surface area contributed by atoms with Gasteiger partial charge in [-0.2, -0.15) is 14.8 Å². The third kappa shape index (κ3) is 3.27. The van der Waals surface area contributed by atoms with E-state index in [0.29, 0.717) is 5.69 Å². The number of sulfonamides is 1. The summed E-state index contributed by atoms with van der Waals surface area (Å²) in [4.78, 5) is -0.0826. The predicted molar refractivity (Wildman–Crippen MR) is 74.8 cm³/mol. The molecule has 1 aromatic rings. The Hall–Kier alpha value is -2.09. The first-order valence-corrected chi connectivity index (χ1v) is 7.47. The van der Waals surface area contributed by atoms with Gasteiger partial charge in [0.2, 0.25) is 10.0 Å². The van der Waals surface area contributed by atoms with E-state index < -0.39 is 10.0 Å². The van der Waals surface area contributed by atoms with Crippen molar-refractivity contribution in [2.24, 2.45) is 0 Å². The van der Waals surface area contributed by atoms with Crippen molar-refractivity contribution in [2.75, 3.05) is 12.3 Å². The molecule has 0 atom stereocenters. The fourth-order valence-corrected chi connectivity index (χ4v) is 3.56.